The Kier molecular flexibility index (Phi) is 4.95. The minimum atomic E-state index is -0.246. The third-order valence-corrected chi connectivity index (χ3v) is 3.70. The first-order valence-corrected chi connectivity index (χ1v) is 7.89. The highest BCUT2D eigenvalue weighted by Gasteiger charge is 2.10. The van der Waals surface area contributed by atoms with Gasteiger partial charge in [0.1, 0.15) is 5.75 Å². The number of aromatic nitrogens is 1. The summed E-state index contributed by atoms with van der Waals surface area (Å²) >= 11 is 0. The summed E-state index contributed by atoms with van der Waals surface area (Å²) in [6.07, 6.45) is 3.21. The summed E-state index contributed by atoms with van der Waals surface area (Å²) in [7, 11) is 1.57. The lowest BCUT2D eigenvalue weighted by Gasteiger charge is -2.11. The van der Waals surface area contributed by atoms with Gasteiger partial charge in [0.15, 0.2) is 0 Å². The Morgan fingerprint density at radius 3 is 2.52 bits per heavy atom. The minimum absolute atomic E-state index is 0.246. The van der Waals surface area contributed by atoms with Crippen molar-refractivity contribution in [2.75, 3.05) is 17.7 Å². The summed E-state index contributed by atoms with van der Waals surface area (Å²) in [6.45, 7) is 2.04. The van der Waals surface area contributed by atoms with Gasteiger partial charge in [-0.2, -0.15) is 0 Å². The first kappa shape index (κ1) is 16.5. The number of ether oxygens (including phenoxy) is 1. The van der Waals surface area contributed by atoms with E-state index in [1.54, 1.807) is 31.5 Å². The van der Waals surface area contributed by atoms with Gasteiger partial charge in [-0.1, -0.05) is 29.8 Å². The van der Waals surface area contributed by atoms with Gasteiger partial charge >= 0.3 is 0 Å². The monoisotopic (exact) mass is 333 g/mol. The maximum absolute atomic E-state index is 12.5. The molecule has 0 bridgehead atoms. The number of pyridine rings is 1. The number of carbonyl (C=O) groups excluding carboxylic acids is 1. The molecule has 2 N–H and O–H groups in total. The quantitative estimate of drug-likeness (QED) is 0.727. The van der Waals surface area contributed by atoms with Gasteiger partial charge in [0.05, 0.1) is 30.2 Å². The van der Waals surface area contributed by atoms with Crippen LogP contribution >= 0.6 is 0 Å². The Bertz CT molecular complexity index is 876. The minimum Gasteiger partial charge on any atom is -0.495 e. The van der Waals surface area contributed by atoms with Crippen LogP contribution in [0.25, 0.3) is 0 Å². The number of amides is 1. The Labute approximate surface area is 146 Å². The second-order valence-electron chi connectivity index (χ2n) is 5.61. The number of carbonyl (C=O) groups is 1. The molecule has 1 aromatic heterocycles. The van der Waals surface area contributed by atoms with Crippen molar-refractivity contribution in [3.63, 3.8) is 0 Å². The normalized spacial score (nSPS) is 10.2. The van der Waals surface area contributed by atoms with Crippen LogP contribution in [0, 0.1) is 6.92 Å². The third kappa shape index (κ3) is 4.14. The number of rotatable bonds is 5. The molecule has 126 valence electrons. The number of nitrogens with zero attached hydrogens (tertiary/aromatic N) is 1. The van der Waals surface area contributed by atoms with E-state index < -0.39 is 0 Å². The van der Waals surface area contributed by atoms with Gasteiger partial charge in [0.25, 0.3) is 5.91 Å². The molecule has 0 aliphatic carbocycles. The highest BCUT2D eigenvalue weighted by Crippen LogP contribution is 2.24. The van der Waals surface area contributed by atoms with Crippen molar-refractivity contribution in [2.45, 2.75) is 6.92 Å². The van der Waals surface area contributed by atoms with E-state index in [9.17, 15) is 4.79 Å². The molecule has 1 heterocycles. The average Bonchev–Trinajstić information content (AvgIpc) is 2.64. The summed E-state index contributed by atoms with van der Waals surface area (Å²) in [6, 6.07) is 17.0. The molecule has 0 spiro atoms. The Hall–Kier alpha value is -3.34. The molecule has 0 aliphatic heterocycles. The fraction of sp³-hybridized carbons (Fsp3) is 0.100. The Morgan fingerprint density at radius 2 is 1.76 bits per heavy atom. The Morgan fingerprint density at radius 1 is 1.00 bits per heavy atom. The predicted octanol–water partition coefficient (Wildman–Crippen LogP) is 4.39. The number of hydrogen-bond acceptors (Lipinski definition) is 4. The van der Waals surface area contributed by atoms with Crippen molar-refractivity contribution in [2.24, 2.45) is 0 Å². The molecule has 0 atom stereocenters. The van der Waals surface area contributed by atoms with Gasteiger partial charge in [0.2, 0.25) is 0 Å². The fourth-order valence-corrected chi connectivity index (χ4v) is 2.38. The molecule has 0 saturated heterocycles. The molecule has 3 aromatic rings. The van der Waals surface area contributed by atoms with E-state index in [1.807, 2.05) is 43.3 Å². The number of hydrogen-bond donors (Lipinski definition) is 2. The first-order chi connectivity index (χ1) is 12.2. The van der Waals surface area contributed by atoms with E-state index >= 15 is 0 Å². The lowest BCUT2D eigenvalue weighted by Crippen LogP contribution is -2.13. The molecule has 25 heavy (non-hydrogen) atoms. The van der Waals surface area contributed by atoms with Crippen LogP contribution in [0.15, 0.2) is 67.0 Å². The predicted molar refractivity (Wildman–Crippen MR) is 99.6 cm³/mol. The van der Waals surface area contributed by atoms with E-state index in [1.165, 1.54) is 11.8 Å². The van der Waals surface area contributed by atoms with Crippen molar-refractivity contribution in [3.05, 3.63) is 78.1 Å². The highest BCUT2D eigenvalue weighted by molar-refractivity contribution is 6.05. The zero-order chi connectivity index (χ0) is 17.6. The number of benzene rings is 2. The van der Waals surface area contributed by atoms with Crippen LogP contribution in [0.3, 0.4) is 0 Å². The molecule has 0 unspecified atom stereocenters. The van der Waals surface area contributed by atoms with Crippen LogP contribution in [-0.2, 0) is 0 Å². The number of para-hydroxylation sites is 2. The van der Waals surface area contributed by atoms with Gasteiger partial charge in [-0.3, -0.25) is 9.78 Å². The summed E-state index contributed by atoms with van der Waals surface area (Å²) in [5.41, 5.74) is 3.95. The average molecular weight is 333 g/mol. The largest absolute Gasteiger partial charge is 0.495 e. The third-order valence-electron chi connectivity index (χ3n) is 3.70. The van der Waals surface area contributed by atoms with Crippen LogP contribution in [-0.4, -0.2) is 18.0 Å². The van der Waals surface area contributed by atoms with Gasteiger partial charge in [-0.15, -0.1) is 0 Å². The standard InChI is InChI=1S/C20H19N3O2/c1-14-7-9-16(10-8-14)22-17-11-15(12-21-13-17)20(24)23-18-5-3-4-6-19(18)25-2/h3-13,22H,1-2H3,(H,23,24). The topological polar surface area (TPSA) is 63.2 Å². The van der Waals surface area contributed by atoms with E-state index in [-0.39, 0.29) is 5.91 Å². The van der Waals surface area contributed by atoms with Crippen LogP contribution in [0.5, 0.6) is 5.75 Å². The van der Waals surface area contributed by atoms with E-state index in [2.05, 4.69) is 15.6 Å². The second kappa shape index (κ2) is 7.49. The van der Waals surface area contributed by atoms with Crippen LogP contribution in [0.4, 0.5) is 17.1 Å². The molecule has 3 rings (SSSR count). The number of nitrogens with one attached hydrogen (secondary N) is 2. The molecule has 0 saturated carbocycles. The fourth-order valence-electron chi connectivity index (χ4n) is 2.38. The van der Waals surface area contributed by atoms with Crippen LogP contribution < -0.4 is 15.4 Å². The van der Waals surface area contributed by atoms with Crippen LogP contribution in [0.2, 0.25) is 0 Å². The molecule has 0 fully saturated rings. The van der Waals surface area contributed by atoms with Gasteiger partial charge in [0, 0.05) is 11.9 Å². The molecule has 5 nitrogen and oxygen atoms in total. The summed E-state index contributed by atoms with van der Waals surface area (Å²) in [4.78, 5) is 16.6. The van der Waals surface area contributed by atoms with Gasteiger partial charge < -0.3 is 15.4 Å². The summed E-state index contributed by atoms with van der Waals surface area (Å²) < 4.78 is 5.25. The molecule has 2 aromatic carbocycles. The number of anilines is 3. The molecule has 0 radical (unpaired) electrons. The zero-order valence-corrected chi connectivity index (χ0v) is 14.1. The van der Waals surface area contributed by atoms with Crippen LogP contribution in [0.1, 0.15) is 15.9 Å². The molecule has 5 heteroatoms. The van der Waals surface area contributed by atoms with Crippen molar-refractivity contribution in [1.82, 2.24) is 4.98 Å². The number of aryl methyl sites for hydroxylation is 1. The van der Waals surface area contributed by atoms with Crippen molar-refractivity contribution in [3.8, 4) is 5.75 Å². The summed E-state index contributed by atoms with van der Waals surface area (Å²) in [5.74, 6) is 0.363. The van der Waals surface area contributed by atoms with E-state index in [0.29, 0.717) is 17.0 Å². The van der Waals surface area contributed by atoms with Crippen molar-refractivity contribution >= 4 is 23.0 Å². The van der Waals surface area contributed by atoms with Gasteiger partial charge in [-0.05, 0) is 37.3 Å². The SMILES string of the molecule is COc1ccccc1NC(=O)c1cncc(Nc2ccc(C)cc2)c1. The van der Waals surface area contributed by atoms with E-state index in [4.69, 9.17) is 4.74 Å². The first-order valence-electron chi connectivity index (χ1n) is 7.89. The molecule has 1 amide bonds. The lowest BCUT2D eigenvalue weighted by molar-refractivity contribution is 0.102. The molecular weight excluding hydrogens is 314 g/mol. The van der Waals surface area contributed by atoms with Crippen molar-refractivity contribution in [1.29, 1.82) is 0 Å². The van der Waals surface area contributed by atoms with Gasteiger partial charge in [-0.25, -0.2) is 0 Å². The highest BCUT2D eigenvalue weighted by atomic mass is 16.5. The second-order valence-corrected chi connectivity index (χ2v) is 5.61. The lowest BCUT2D eigenvalue weighted by atomic mass is 10.2. The van der Waals surface area contributed by atoms with Crippen molar-refractivity contribution < 1.29 is 9.53 Å². The zero-order valence-electron chi connectivity index (χ0n) is 14.1. The summed E-state index contributed by atoms with van der Waals surface area (Å²) in [5, 5.41) is 6.09. The smallest absolute Gasteiger partial charge is 0.257 e. The molecule has 0 aliphatic rings. The maximum atomic E-state index is 12.5. The molecular formula is C20H19N3O2. The maximum Gasteiger partial charge on any atom is 0.257 e. The number of methoxy groups -OCH3 is 1. The van der Waals surface area contributed by atoms with E-state index in [0.717, 1.165) is 11.4 Å². The Balaban J connectivity index is 1.76.